The highest BCUT2D eigenvalue weighted by Gasteiger charge is 2.09. The summed E-state index contributed by atoms with van der Waals surface area (Å²) in [7, 11) is -3.27. The Morgan fingerprint density at radius 1 is 1.46 bits per heavy atom. The Bertz CT molecular complexity index is 388. The largest absolute Gasteiger partial charge is 0.478 e. The molecule has 0 saturated carbocycles. The summed E-state index contributed by atoms with van der Waals surface area (Å²) in [6.45, 7) is 2.24. The zero-order chi connectivity index (χ0) is 9.90. The van der Waals surface area contributed by atoms with Crippen LogP contribution in [0, 0.1) is 0 Å². The Hall–Kier alpha value is -1.17. The maximum atomic E-state index is 11.0. The molecule has 0 N–H and O–H groups in total. The van der Waals surface area contributed by atoms with Crippen molar-refractivity contribution in [3.05, 3.63) is 12.4 Å². The van der Waals surface area contributed by atoms with Gasteiger partial charge in [-0.2, -0.15) is 0 Å². The van der Waals surface area contributed by atoms with Crippen molar-refractivity contribution in [2.75, 3.05) is 12.9 Å². The van der Waals surface area contributed by atoms with Crippen molar-refractivity contribution in [3.63, 3.8) is 0 Å². The summed E-state index contributed by atoms with van der Waals surface area (Å²) in [5, 5.41) is -0.0223. The van der Waals surface area contributed by atoms with Crippen LogP contribution in [0.5, 0.6) is 5.88 Å². The maximum absolute atomic E-state index is 11.0. The van der Waals surface area contributed by atoms with Gasteiger partial charge >= 0.3 is 0 Å². The average molecular weight is 202 g/mol. The number of rotatable bonds is 3. The Morgan fingerprint density at radius 2 is 2.15 bits per heavy atom. The molecule has 0 aliphatic carbocycles. The number of sulfone groups is 1. The van der Waals surface area contributed by atoms with E-state index >= 15 is 0 Å². The van der Waals surface area contributed by atoms with E-state index in [1.54, 1.807) is 6.92 Å². The number of ether oxygens (including phenoxy) is 1. The Labute approximate surface area is 76.7 Å². The van der Waals surface area contributed by atoms with Crippen molar-refractivity contribution < 1.29 is 13.2 Å². The topological polar surface area (TPSA) is 69.2 Å². The van der Waals surface area contributed by atoms with Crippen LogP contribution in [0.2, 0.25) is 0 Å². The van der Waals surface area contributed by atoms with Gasteiger partial charge in [-0.25, -0.2) is 18.4 Å². The third-order valence-electron chi connectivity index (χ3n) is 1.29. The first-order chi connectivity index (χ1) is 6.04. The fourth-order valence-corrected chi connectivity index (χ4v) is 1.31. The van der Waals surface area contributed by atoms with Gasteiger partial charge in [0.15, 0.2) is 14.9 Å². The minimum absolute atomic E-state index is 0.0223. The number of aromatic nitrogens is 2. The summed E-state index contributed by atoms with van der Waals surface area (Å²) < 4.78 is 27.1. The molecule has 0 unspecified atom stereocenters. The minimum atomic E-state index is -3.27. The Morgan fingerprint density at radius 3 is 2.69 bits per heavy atom. The van der Waals surface area contributed by atoms with Gasteiger partial charge in [-0.3, -0.25) is 0 Å². The summed E-state index contributed by atoms with van der Waals surface area (Å²) in [4.78, 5) is 7.36. The predicted octanol–water partition coefficient (Wildman–Crippen LogP) is 0.279. The van der Waals surface area contributed by atoms with Gasteiger partial charge in [-0.05, 0) is 6.92 Å². The average Bonchev–Trinajstić information content (AvgIpc) is 2.04. The lowest BCUT2D eigenvalue weighted by Crippen LogP contribution is -2.02. The standard InChI is InChI=1S/C7H10N2O3S/c1-3-12-6-4-7(9-5-8-6)13(2,10)11/h4-5H,3H2,1-2H3. The van der Waals surface area contributed by atoms with Crippen LogP contribution in [0.3, 0.4) is 0 Å². The van der Waals surface area contributed by atoms with Crippen LogP contribution in [-0.2, 0) is 9.84 Å². The van der Waals surface area contributed by atoms with Crippen LogP contribution >= 0.6 is 0 Å². The predicted molar refractivity (Wildman–Crippen MR) is 46.3 cm³/mol. The molecule has 0 atom stereocenters. The van der Waals surface area contributed by atoms with Crippen molar-refractivity contribution in [1.29, 1.82) is 0 Å². The molecule has 1 rings (SSSR count). The Kier molecular flexibility index (Phi) is 2.82. The van der Waals surface area contributed by atoms with Gasteiger partial charge in [0.2, 0.25) is 5.88 Å². The molecular formula is C7H10N2O3S. The smallest absolute Gasteiger partial charge is 0.217 e. The van der Waals surface area contributed by atoms with Gasteiger partial charge in [0, 0.05) is 12.3 Å². The quantitative estimate of drug-likeness (QED) is 0.658. The molecule has 72 valence electrons. The molecule has 0 bridgehead atoms. The molecule has 0 fully saturated rings. The van der Waals surface area contributed by atoms with Gasteiger partial charge in [0.25, 0.3) is 0 Å². The van der Waals surface area contributed by atoms with E-state index in [1.165, 1.54) is 12.4 Å². The molecule has 1 aromatic heterocycles. The first-order valence-corrected chi connectivity index (χ1v) is 5.58. The SMILES string of the molecule is CCOc1cc(S(C)(=O)=O)ncn1. The third-order valence-corrected chi connectivity index (χ3v) is 2.27. The van der Waals surface area contributed by atoms with Crippen molar-refractivity contribution in [2.24, 2.45) is 0 Å². The number of hydrogen-bond donors (Lipinski definition) is 0. The molecule has 1 heterocycles. The minimum Gasteiger partial charge on any atom is -0.478 e. The molecule has 0 radical (unpaired) electrons. The van der Waals surface area contributed by atoms with Crippen LogP contribution in [0.1, 0.15) is 6.92 Å². The fraction of sp³-hybridized carbons (Fsp3) is 0.429. The molecule has 5 nitrogen and oxygen atoms in total. The maximum Gasteiger partial charge on any atom is 0.217 e. The van der Waals surface area contributed by atoms with Crippen LogP contribution in [0.25, 0.3) is 0 Å². The second-order valence-electron chi connectivity index (χ2n) is 2.40. The zero-order valence-electron chi connectivity index (χ0n) is 7.39. The van der Waals surface area contributed by atoms with Crippen molar-refractivity contribution in [1.82, 2.24) is 9.97 Å². The van der Waals surface area contributed by atoms with E-state index in [0.29, 0.717) is 6.61 Å². The second kappa shape index (κ2) is 3.69. The van der Waals surface area contributed by atoms with E-state index in [4.69, 9.17) is 4.74 Å². The summed E-state index contributed by atoms with van der Waals surface area (Å²) >= 11 is 0. The molecule has 6 heteroatoms. The van der Waals surface area contributed by atoms with Gasteiger partial charge in [-0.1, -0.05) is 0 Å². The summed E-state index contributed by atoms with van der Waals surface area (Å²) in [5.74, 6) is 0.276. The van der Waals surface area contributed by atoms with E-state index in [9.17, 15) is 8.42 Å². The van der Waals surface area contributed by atoms with Gasteiger partial charge < -0.3 is 4.74 Å². The lowest BCUT2D eigenvalue weighted by molar-refractivity contribution is 0.324. The molecule has 0 aromatic carbocycles. The first-order valence-electron chi connectivity index (χ1n) is 3.69. The van der Waals surface area contributed by atoms with E-state index in [-0.39, 0.29) is 10.9 Å². The molecule has 0 amide bonds. The van der Waals surface area contributed by atoms with Crippen LogP contribution in [0.4, 0.5) is 0 Å². The second-order valence-corrected chi connectivity index (χ2v) is 4.36. The number of nitrogens with zero attached hydrogens (tertiary/aromatic N) is 2. The van der Waals surface area contributed by atoms with E-state index in [0.717, 1.165) is 6.26 Å². The summed E-state index contributed by atoms with van der Waals surface area (Å²) in [5.41, 5.74) is 0. The molecule has 1 aromatic rings. The molecule has 13 heavy (non-hydrogen) atoms. The van der Waals surface area contributed by atoms with Crippen LogP contribution in [-0.4, -0.2) is 31.2 Å². The van der Waals surface area contributed by atoms with Crippen molar-refractivity contribution in [2.45, 2.75) is 11.9 Å². The molecule has 0 aliphatic heterocycles. The molecular weight excluding hydrogens is 192 g/mol. The highest BCUT2D eigenvalue weighted by atomic mass is 32.2. The zero-order valence-corrected chi connectivity index (χ0v) is 8.21. The molecule has 0 aliphatic rings. The Balaban J connectivity index is 3.06. The van der Waals surface area contributed by atoms with Gasteiger partial charge in [0.1, 0.15) is 6.33 Å². The van der Waals surface area contributed by atoms with E-state index in [2.05, 4.69) is 9.97 Å². The van der Waals surface area contributed by atoms with Gasteiger partial charge in [-0.15, -0.1) is 0 Å². The molecule has 0 spiro atoms. The van der Waals surface area contributed by atoms with Crippen molar-refractivity contribution >= 4 is 9.84 Å². The van der Waals surface area contributed by atoms with E-state index < -0.39 is 9.84 Å². The third kappa shape index (κ3) is 2.66. The highest BCUT2D eigenvalue weighted by Crippen LogP contribution is 2.10. The summed E-state index contributed by atoms with van der Waals surface area (Å²) in [6, 6.07) is 1.30. The lowest BCUT2D eigenvalue weighted by Gasteiger charge is -2.01. The number of hydrogen-bond acceptors (Lipinski definition) is 5. The molecule has 0 saturated heterocycles. The lowest BCUT2D eigenvalue weighted by atomic mass is 10.6. The first kappa shape index (κ1) is 9.91. The highest BCUT2D eigenvalue weighted by molar-refractivity contribution is 7.90. The van der Waals surface area contributed by atoms with Gasteiger partial charge in [0.05, 0.1) is 6.61 Å². The fourth-order valence-electron chi connectivity index (χ4n) is 0.752. The van der Waals surface area contributed by atoms with Crippen LogP contribution < -0.4 is 4.74 Å². The van der Waals surface area contributed by atoms with Crippen molar-refractivity contribution in [3.8, 4) is 5.88 Å². The summed E-state index contributed by atoms with van der Waals surface area (Å²) in [6.07, 6.45) is 2.26. The normalized spacial score (nSPS) is 11.2. The monoisotopic (exact) mass is 202 g/mol. The van der Waals surface area contributed by atoms with Crippen LogP contribution in [0.15, 0.2) is 17.4 Å². The van der Waals surface area contributed by atoms with E-state index in [1.807, 2.05) is 0 Å².